The van der Waals surface area contributed by atoms with Crippen molar-refractivity contribution in [3.8, 4) is 0 Å². The molecule has 8 nitrogen and oxygen atoms in total. The highest BCUT2D eigenvalue weighted by atomic mass is 35.5. The fourth-order valence-electron chi connectivity index (χ4n) is 5.70. The first-order chi connectivity index (χ1) is 21.7. The second kappa shape index (κ2) is 13.8. The van der Waals surface area contributed by atoms with Crippen molar-refractivity contribution in [2.75, 3.05) is 10.8 Å². The number of ether oxygens (including phenoxy) is 2. The highest BCUT2D eigenvalue weighted by Gasteiger charge is 2.50. The van der Waals surface area contributed by atoms with Crippen LogP contribution >= 0.6 is 34.5 Å². The van der Waals surface area contributed by atoms with Gasteiger partial charge in [-0.1, -0.05) is 54.4 Å². The molecule has 0 spiro atoms. The first kappa shape index (κ1) is 34.6. The van der Waals surface area contributed by atoms with E-state index in [0.29, 0.717) is 39.1 Å². The van der Waals surface area contributed by atoms with Gasteiger partial charge in [-0.05, 0) is 82.0 Å². The van der Waals surface area contributed by atoms with Crippen LogP contribution in [0.15, 0.2) is 60.7 Å². The molecule has 2 aromatic carbocycles. The van der Waals surface area contributed by atoms with E-state index in [1.54, 1.807) is 62.1 Å². The molecule has 1 saturated carbocycles. The average Bonchev–Trinajstić information content (AvgIpc) is 3.76. The van der Waals surface area contributed by atoms with Crippen molar-refractivity contribution in [1.82, 2.24) is 4.90 Å². The molecule has 3 aromatic rings. The molecule has 1 aromatic heterocycles. The third-order valence-electron chi connectivity index (χ3n) is 7.88. The number of anilines is 1. The summed E-state index contributed by atoms with van der Waals surface area (Å²) >= 11 is 14.1. The first-order valence-corrected chi connectivity index (χ1v) is 18.2. The predicted octanol–water partition coefficient (Wildman–Crippen LogP) is 7.71. The fraction of sp³-hybridized carbons (Fsp3) is 0.455. The van der Waals surface area contributed by atoms with Gasteiger partial charge in [-0.2, -0.15) is 0 Å². The van der Waals surface area contributed by atoms with Crippen molar-refractivity contribution in [3.63, 3.8) is 0 Å². The lowest BCUT2D eigenvalue weighted by Gasteiger charge is -2.48. The first-order valence-electron chi connectivity index (χ1n) is 15.2. The molecule has 5 rings (SSSR count). The smallest absolute Gasteiger partial charge is 0.309 e. The second-order valence-electron chi connectivity index (χ2n) is 12.5. The van der Waals surface area contributed by atoms with Gasteiger partial charge in [0.05, 0.1) is 40.3 Å². The lowest BCUT2D eigenvalue weighted by Crippen LogP contribution is -2.58. The minimum Gasteiger partial charge on any atom is -0.460 e. The maximum absolute atomic E-state index is 15.2. The maximum atomic E-state index is 15.2. The van der Waals surface area contributed by atoms with Crippen molar-refractivity contribution in [2.45, 2.75) is 88.5 Å². The molecule has 2 fully saturated rings. The summed E-state index contributed by atoms with van der Waals surface area (Å²) in [5, 5.41) is -0.180. The summed E-state index contributed by atoms with van der Waals surface area (Å²) in [5.74, 6) is -1.82. The van der Waals surface area contributed by atoms with Crippen LogP contribution in [0.25, 0.3) is 0 Å². The van der Waals surface area contributed by atoms with E-state index >= 15 is 4.39 Å². The maximum Gasteiger partial charge on any atom is 0.309 e. The van der Waals surface area contributed by atoms with Crippen LogP contribution in [0.4, 0.5) is 10.1 Å². The summed E-state index contributed by atoms with van der Waals surface area (Å²) in [6.07, 6.45) is -1.16. The molecule has 1 saturated heterocycles. The molecule has 1 aliphatic heterocycles. The molecule has 0 N–H and O–H groups in total. The number of morpholine rings is 1. The molecule has 1 amide bonds. The summed E-state index contributed by atoms with van der Waals surface area (Å²) < 4.78 is 56.5. The zero-order valence-corrected chi connectivity index (χ0v) is 29.1. The van der Waals surface area contributed by atoms with Gasteiger partial charge in [0.25, 0.3) is 5.91 Å². The van der Waals surface area contributed by atoms with Crippen molar-refractivity contribution in [3.05, 3.63) is 86.3 Å². The van der Waals surface area contributed by atoms with Crippen LogP contribution in [0, 0.1) is 5.82 Å². The van der Waals surface area contributed by atoms with E-state index in [2.05, 4.69) is 0 Å². The molecule has 1 unspecified atom stereocenters. The Kier molecular flexibility index (Phi) is 10.4. The Morgan fingerprint density at radius 1 is 1.13 bits per heavy atom. The van der Waals surface area contributed by atoms with Crippen molar-refractivity contribution >= 4 is 62.1 Å². The zero-order chi connectivity index (χ0) is 33.4. The Morgan fingerprint density at radius 2 is 1.85 bits per heavy atom. The van der Waals surface area contributed by atoms with E-state index in [1.807, 2.05) is 13.0 Å². The minimum atomic E-state index is -3.95. The molecule has 2 aliphatic rings. The number of para-hydroxylation sites is 1. The van der Waals surface area contributed by atoms with Gasteiger partial charge < -0.3 is 14.4 Å². The molecular weight excluding hydrogens is 674 g/mol. The second-order valence-corrected chi connectivity index (χ2v) is 16.8. The molecule has 4 atom stereocenters. The number of hydrogen-bond donors (Lipinski definition) is 0. The number of benzene rings is 2. The van der Waals surface area contributed by atoms with E-state index in [1.165, 1.54) is 29.5 Å². The molecule has 1 aliphatic carbocycles. The number of esters is 1. The van der Waals surface area contributed by atoms with E-state index in [0.717, 1.165) is 4.31 Å². The molecule has 0 radical (unpaired) electrons. The topological polar surface area (TPSA) is 93.2 Å². The van der Waals surface area contributed by atoms with Crippen molar-refractivity contribution < 1.29 is 31.9 Å². The van der Waals surface area contributed by atoms with Gasteiger partial charge in [0, 0.05) is 9.90 Å². The van der Waals surface area contributed by atoms with Crippen LogP contribution in [-0.2, 0) is 29.1 Å². The summed E-state index contributed by atoms with van der Waals surface area (Å²) in [4.78, 5) is 29.9. The summed E-state index contributed by atoms with van der Waals surface area (Å²) in [7, 11) is -3.95. The number of halogens is 3. The predicted molar refractivity (Wildman–Crippen MR) is 178 cm³/mol. The Bertz CT molecular complexity index is 1690. The molecule has 2 heterocycles. The number of thiophene rings is 1. The van der Waals surface area contributed by atoms with Gasteiger partial charge in [-0.3, -0.25) is 13.9 Å². The standard InChI is InChI=1S/C33H37Cl2FN2O6S2/c1-5-22(19-37(46(41,42)23-13-14-23)25-12-7-6-11-24(25)36)38-30(27-15-16-28(35)45-27)31(20-9-8-10-21(34)17-20)43-26(32(38)40)18-29(39)44-33(2,3)4/h6-12,15-17,22-23,26,30-31H,5,13-14,18-19H2,1-4H3/t22?,26-,30+,31+/m0/s1. The third-order valence-corrected chi connectivity index (χ3v) is 11.7. The normalized spacial score (nSPS) is 21.2. The van der Waals surface area contributed by atoms with Gasteiger partial charge in [-0.25, -0.2) is 12.8 Å². The van der Waals surface area contributed by atoms with Crippen LogP contribution in [0.1, 0.15) is 76.0 Å². The van der Waals surface area contributed by atoms with E-state index < -0.39 is 62.9 Å². The highest BCUT2D eigenvalue weighted by Crippen LogP contribution is 2.47. The highest BCUT2D eigenvalue weighted by molar-refractivity contribution is 7.93. The van der Waals surface area contributed by atoms with Crippen LogP contribution in [0.3, 0.4) is 0 Å². The number of rotatable bonds is 11. The molecular formula is C33H37Cl2FN2O6S2. The lowest BCUT2D eigenvalue weighted by molar-refractivity contribution is -0.186. The molecule has 248 valence electrons. The van der Waals surface area contributed by atoms with Crippen LogP contribution in [0.2, 0.25) is 9.36 Å². The monoisotopic (exact) mass is 710 g/mol. The largest absolute Gasteiger partial charge is 0.460 e. The van der Waals surface area contributed by atoms with E-state index in [9.17, 15) is 18.0 Å². The Morgan fingerprint density at radius 3 is 2.43 bits per heavy atom. The van der Waals surface area contributed by atoms with Gasteiger partial charge >= 0.3 is 5.97 Å². The number of sulfonamides is 1. The van der Waals surface area contributed by atoms with Crippen molar-refractivity contribution in [1.29, 1.82) is 0 Å². The summed E-state index contributed by atoms with van der Waals surface area (Å²) in [6, 6.07) is 14.8. The third kappa shape index (κ3) is 7.71. The lowest BCUT2D eigenvalue weighted by atomic mass is 9.93. The SMILES string of the molecule is CCC(CN(c1ccccc1F)S(=O)(=O)C1CC1)N1C(=O)[C@H](CC(=O)OC(C)(C)C)O[C@H](c2cccc(Cl)c2)[C@H]1c1ccc(Cl)s1. The number of hydrogen-bond acceptors (Lipinski definition) is 7. The van der Waals surface area contributed by atoms with Gasteiger partial charge in [0.1, 0.15) is 23.6 Å². The Labute approximate surface area is 283 Å². The van der Waals surface area contributed by atoms with E-state index in [4.69, 9.17) is 32.7 Å². The number of carbonyl (C=O) groups excluding carboxylic acids is 2. The van der Waals surface area contributed by atoms with Crippen molar-refractivity contribution in [2.24, 2.45) is 0 Å². The van der Waals surface area contributed by atoms with Gasteiger partial charge in [0.2, 0.25) is 10.0 Å². The zero-order valence-electron chi connectivity index (χ0n) is 26.0. The van der Waals surface area contributed by atoms with Gasteiger partial charge in [0.15, 0.2) is 0 Å². The number of carbonyl (C=O) groups is 2. The number of nitrogens with zero attached hydrogens (tertiary/aromatic N) is 2. The van der Waals surface area contributed by atoms with E-state index in [-0.39, 0.29) is 18.7 Å². The van der Waals surface area contributed by atoms with Crippen LogP contribution in [-0.4, -0.2) is 54.7 Å². The minimum absolute atomic E-state index is 0.0824. The Hall–Kier alpha value is -2.70. The van der Waals surface area contributed by atoms with Crippen LogP contribution in [0.5, 0.6) is 0 Å². The number of amides is 1. The molecule has 46 heavy (non-hydrogen) atoms. The van der Waals surface area contributed by atoms with Crippen LogP contribution < -0.4 is 4.31 Å². The fourth-order valence-corrected chi connectivity index (χ4v) is 8.98. The average molecular weight is 712 g/mol. The van der Waals surface area contributed by atoms with Gasteiger partial charge in [-0.15, -0.1) is 11.3 Å². The molecule has 0 bridgehead atoms. The Balaban J connectivity index is 1.63. The molecule has 13 heteroatoms. The quantitative estimate of drug-likeness (QED) is 0.189. The summed E-state index contributed by atoms with van der Waals surface area (Å²) in [6.45, 7) is 6.83. The summed E-state index contributed by atoms with van der Waals surface area (Å²) in [5.41, 5.74) is -0.221.